The summed E-state index contributed by atoms with van der Waals surface area (Å²) in [6.07, 6.45) is 3.03. The number of carbonyl (C=O) groups is 2. The van der Waals surface area contributed by atoms with Crippen molar-refractivity contribution in [2.75, 3.05) is 19.8 Å². The van der Waals surface area contributed by atoms with Gasteiger partial charge in [0.1, 0.15) is 0 Å². The van der Waals surface area contributed by atoms with Crippen LogP contribution in [0.15, 0.2) is 23.0 Å². The van der Waals surface area contributed by atoms with Gasteiger partial charge in [-0.2, -0.15) is 0 Å². The Labute approximate surface area is 103 Å². The number of hydrogen-bond acceptors (Lipinski definition) is 4. The lowest BCUT2D eigenvalue weighted by Crippen LogP contribution is -2.55. The van der Waals surface area contributed by atoms with Gasteiger partial charge in [0, 0.05) is 18.7 Å². The Morgan fingerprint density at radius 2 is 2.39 bits per heavy atom. The zero-order valence-corrected chi connectivity index (χ0v) is 9.67. The molecule has 1 aliphatic heterocycles. The molecule has 2 amide bonds. The van der Waals surface area contributed by atoms with E-state index in [1.165, 1.54) is 17.4 Å². The average molecular weight is 254 g/mol. The molecule has 2 rings (SSSR count). The first-order valence-corrected chi connectivity index (χ1v) is 5.54. The lowest BCUT2D eigenvalue weighted by Gasteiger charge is -2.32. The number of rotatable bonds is 3. The number of morpholine rings is 1. The highest BCUT2D eigenvalue weighted by atomic mass is 16.5. The van der Waals surface area contributed by atoms with Gasteiger partial charge in [0.05, 0.1) is 25.7 Å². The minimum atomic E-state index is -1.06. The molecular formula is C11H14N2O5. The van der Waals surface area contributed by atoms with E-state index in [-0.39, 0.29) is 13.2 Å². The third-order valence-electron chi connectivity index (χ3n) is 2.70. The summed E-state index contributed by atoms with van der Waals surface area (Å²) in [7, 11) is 0. The first kappa shape index (κ1) is 12.4. The fourth-order valence-corrected chi connectivity index (χ4v) is 1.72. The highest BCUT2D eigenvalue weighted by molar-refractivity contribution is 5.82. The van der Waals surface area contributed by atoms with Crippen LogP contribution in [0.4, 0.5) is 4.79 Å². The molecule has 0 bridgehead atoms. The van der Waals surface area contributed by atoms with Crippen LogP contribution in [0.3, 0.4) is 0 Å². The van der Waals surface area contributed by atoms with Crippen LogP contribution in [0.5, 0.6) is 0 Å². The van der Waals surface area contributed by atoms with Crippen molar-refractivity contribution in [2.45, 2.75) is 12.6 Å². The lowest BCUT2D eigenvalue weighted by atomic mass is 10.2. The van der Waals surface area contributed by atoms with Gasteiger partial charge in [0.2, 0.25) is 0 Å². The second-order valence-electron chi connectivity index (χ2n) is 3.91. The van der Waals surface area contributed by atoms with Crippen molar-refractivity contribution in [2.24, 2.45) is 0 Å². The second kappa shape index (κ2) is 5.54. The summed E-state index contributed by atoms with van der Waals surface area (Å²) in [5, 5.41) is 11.6. The number of carboxylic acid groups (broad SMARTS) is 1. The van der Waals surface area contributed by atoms with Crippen LogP contribution >= 0.6 is 0 Å². The Balaban J connectivity index is 1.92. The Morgan fingerprint density at radius 1 is 1.56 bits per heavy atom. The molecule has 0 spiro atoms. The predicted octanol–water partition coefficient (Wildman–Crippen LogP) is 0.275. The maximum absolute atomic E-state index is 11.9. The number of ether oxygens (including phenoxy) is 1. The molecule has 0 aliphatic carbocycles. The van der Waals surface area contributed by atoms with Gasteiger partial charge in [-0.3, -0.25) is 0 Å². The Bertz CT molecular complexity index is 417. The van der Waals surface area contributed by atoms with E-state index < -0.39 is 18.0 Å². The predicted molar refractivity (Wildman–Crippen MR) is 59.9 cm³/mol. The molecule has 0 aromatic carbocycles. The summed E-state index contributed by atoms with van der Waals surface area (Å²) in [5.74, 6) is -1.06. The van der Waals surface area contributed by atoms with E-state index in [0.717, 1.165) is 5.56 Å². The lowest BCUT2D eigenvalue weighted by molar-refractivity contribution is -0.147. The van der Waals surface area contributed by atoms with E-state index in [1.54, 1.807) is 6.07 Å². The molecule has 1 atom stereocenters. The summed E-state index contributed by atoms with van der Waals surface area (Å²) < 4.78 is 9.93. The number of hydrogen-bond donors (Lipinski definition) is 2. The zero-order valence-electron chi connectivity index (χ0n) is 9.67. The first-order valence-electron chi connectivity index (χ1n) is 5.54. The van der Waals surface area contributed by atoms with E-state index in [9.17, 15) is 9.59 Å². The summed E-state index contributed by atoms with van der Waals surface area (Å²) >= 11 is 0. The number of carbonyl (C=O) groups excluding carboxylic acids is 1. The largest absolute Gasteiger partial charge is 0.480 e. The maximum atomic E-state index is 11.9. The molecule has 2 heterocycles. The van der Waals surface area contributed by atoms with Gasteiger partial charge in [0.25, 0.3) is 0 Å². The SMILES string of the molecule is O=C(O)C1COCCN1C(=O)NCc1ccoc1. The van der Waals surface area contributed by atoms with Crippen LogP contribution in [0.25, 0.3) is 0 Å². The average Bonchev–Trinajstić information content (AvgIpc) is 2.89. The number of nitrogens with zero attached hydrogens (tertiary/aromatic N) is 1. The van der Waals surface area contributed by atoms with Gasteiger partial charge in [-0.15, -0.1) is 0 Å². The molecule has 2 N–H and O–H groups in total. The topological polar surface area (TPSA) is 92.0 Å². The summed E-state index contributed by atoms with van der Waals surface area (Å²) in [4.78, 5) is 24.1. The van der Waals surface area contributed by atoms with Crippen LogP contribution in [0, 0.1) is 0 Å². The van der Waals surface area contributed by atoms with Crippen LogP contribution in [0.1, 0.15) is 5.56 Å². The smallest absolute Gasteiger partial charge is 0.328 e. The first-order chi connectivity index (χ1) is 8.68. The molecule has 1 unspecified atom stereocenters. The molecule has 98 valence electrons. The molecule has 1 saturated heterocycles. The quantitative estimate of drug-likeness (QED) is 0.808. The third kappa shape index (κ3) is 2.80. The zero-order chi connectivity index (χ0) is 13.0. The standard InChI is InChI=1S/C11H14N2O5/c14-10(15)9-7-18-4-2-13(9)11(16)12-5-8-1-3-17-6-8/h1,3,6,9H,2,4-5,7H2,(H,12,16)(H,14,15). The third-order valence-corrected chi connectivity index (χ3v) is 2.70. The van der Waals surface area contributed by atoms with E-state index in [1.807, 2.05) is 0 Å². The van der Waals surface area contributed by atoms with Crippen LogP contribution < -0.4 is 5.32 Å². The van der Waals surface area contributed by atoms with E-state index in [4.69, 9.17) is 14.3 Å². The number of carboxylic acids is 1. The van der Waals surface area contributed by atoms with Gasteiger partial charge in [-0.05, 0) is 6.07 Å². The fraction of sp³-hybridized carbons (Fsp3) is 0.455. The van der Waals surface area contributed by atoms with Crippen molar-refractivity contribution >= 4 is 12.0 Å². The highest BCUT2D eigenvalue weighted by Crippen LogP contribution is 2.08. The molecule has 1 aromatic rings. The Hall–Kier alpha value is -2.02. The van der Waals surface area contributed by atoms with Gasteiger partial charge in [0.15, 0.2) is 6.04 Å². The van der Waals surface area contributed by atoms with Crippen molar-refractivity contribution in [1.82, 2.24) is 10.2 Å². The summed E-state index contributed by atoms with van der Waals surface area (Å²) in [5.41, 5.74) is 0.823. The fourth-order valence-electron chi connectivity index (χ4n) is 1.72. The Kier molecular flexibility index (Phi) is 3.83. The molecular weight excluding hydrogens is 240 g/mol. The van der Waals surface area contributed by atoms with Crippen molar-refractivity contribution in [3.63, 3.8) is 0 Å². The molecule has 7 nitrogen and oxygen atoms in total. The van der Waals surface area contributed by atoms with E-state index >= 15 is 0 Å². The number of urea groups is 1. The van der Waals surface area contributed by atoms with Crippen molar-refractivity contribution in [3.8, 4) is 0 Å². The monoisotopic (exact) mass is 254 g/mol. The van der Waals surface area contributed by atoms with Crippen LogP contribution in [0.2, 0.25) is 0 Å². The van der Waals surface area contributed by atoms with Gasteiger partial charge in [-0.1, -0.05) is 0 Å². The minimum Gasteiger partial charge on any atom is -0.480 e. The number of amides is 2. The molecule has 18 heavy (non-hydrogen) atoms. The number of furan rings is 1. The normalized spacial score (nSPS) is 19.6. The Morgan fingerprint density at radius 3 is 3.06 bits per heavy atom. The van der Waals surface area contributed by atoms with Crippen LogP contribution in [-0.4, -0.2) is 47.8 Å². The number of aliphatic carboxylic acids is 1. The molecule has 1 aromatic heterocycles. The summed E-state index contributed by atoms with van der Waals surface area (Å²) in [6, 6.07) is 0.392. The van der Waals surface area contributed by atoms with Gasteiger partial charge in [-0.25, -0.2) is 9.59 Å². The maximum Gasteiger partial charge on any atom is 0.328 e. The molecule has 1 fully saturated rings. The molecule has 0 saturated carbocycles. The molecule has 0 radical (unpaired) electrons. The second-order valence-corrected chi connectivity index (χ2v) is 3.91. The van der Waals surface area contributed by atoms with Crippen molar-refractivity contribution < 1.29 is 23.8 Å². The van der Waals surface area contributed by atoms with Gasteiger partial charge < -0.3 is 24.5 Å². The summed E-state index contributed by atoms with van der Waals surface area (Å²) in [6.45, 7) is 0.949. The van der Waals surface area contributed by atoms with Gasteiger partial charge >= 0.3 is 12.0 Å². The minimum absolute atomic E-state index is 0.0223. The van der Waals surface area contributed by atoms with Crippen molar-refractivity contribution in [1.29, 1.82) is 0 Å². The van der Waals surface area contributed by atoms with Crippen LogP contribution in [-0.2, 0) is 16.1 Å². The van der Waals surface area contributed by atoms with E-state index in [2.05, 4.69) is 5.32 Å². The number of nitrogens with one attached hydrogen (secondary N) is 1. The highest BCUT2D eigenvalue weighted by Gasteiger charge is 2.32. The van der Waals surface area contributed by atoms with E-state index in [0.29, 0.717) is 13.2 Å². The van der Waals surface area contributed by atoms with Crippen molar-refractivity contribution in [3.05, 3.63) is 24.2 Å². The molecule has 7 heteroatoms. The molecule has 1 aliphatic rings.